The maximum atomic E-state index is 13.4. The van der Waals surface area contributed by atoms with Gasteiger partial charge < -0.3 is 5.73 Å². The molecule has 1 rings (SSSR count). The number of rotatable bonds is 1. The molecule has 0 bridgehead atoms. The Labute approximate surface area is 72.4 Å². The number of nitrogen functional groups attached to an aromatic ring is 1. The van der Waals surface area contributed by atoms with E-state index in [1.165, 1.54) is 13.8 Å². The van der Waals surface area contributed by atoms with Gasteiger partial charge in [0, 0.05) is 5.69 Å². The van der Waals surface area contributed by atoms with Crippen molar-refractivity contribution < 1.29 is 4.39 Å². The Morgan fingerprint density at radius 1 is 1.33 bits per heavy atom. The molecule has 0 aromatic heterocycles. The molecule has 66 valence electrons. The first-order valence-electron chi connectivity index (χ1n) is 3.97. The van der Waals surface area contributed by atoms with Gasteiger partial charge in [-0.05, 0) is 38.0 Å². The molecule has 1 aromatic rings. The number of anilines is 1. The minimum atomic E-state index is -1.28. The average Bonchev–Trinajstić information content (AvgIpc) is 1.92. The van der Waals surface area contributed by atoms with Gasteiger partial charge in [0.25, 0.3) is 0 Å². The lowest BCUT2D eigenvalue weighted by Gasteiger charge is -2.15. The summed E-state index contributed by atoms with van der Waals surface area (Å²) in [7, 11) is 0. The molecule has 0 heterocycles. The van der Waals surface area contributed by atoms with E-state index in [0.717, 1.165) is 5.56 Å². The van der Waals surface area contributed by atoms with Gasteiger partial charge in [0.1, 0.15) is 5.67 Å². The molecule has 0 saturated carbocycles. The highest BCUT2D eigenvalue weighted by molar-refractivity contribution is 5.48. The van der Waals surface area contributed by atoms with Crippen LogP contribution >= 0.6 is 0 Å². The van der Waals surface area contributed by atoms with Crippen LogP contribution in [0.15, 0.2) is 18.2 Å². The number of nitrogens with two attached hydrogens (primary N) is 1. The van der Waals surface area contributed by atoms with Crippen LogP contribution in [0.25, 0.3) is 0 Å². The van der Waals surface area contributed by atoms with Crippen molar-refractivity contribution in [3.05, 3.63) is 29.3 Å². The maximum Gasteiger partial charge on any atom is 0.130 e. The molecule has 0 fully saturated rings. The van der Waals surface area contributed by atoms with Gasteiger partial charge in [-0.25, -0.2) is 4.39 Å². The zero-order valence-corrected chi connectivity index (χ0v) is 7.69. The number of benzene rings is 1. The normalized spacial score (nSPS) is 11.7. The Morgan fingerprint density at radius 2 is 1.92 bits per heavy atom. The van der Waals surface area contributed by atoms with Gasteiger partial charge in [-0.1, -0.05) is 12.1 Å². The summed E-state index contributed by atoms with van der Waals surface area (Å²) >= 11 is 0. The monoisotopic (exact) mass is 167 g/mol. The second-order valence-electron chi connectivity index (χ2n) is 3.54. The number of hydrogen-bond acceptors (Lipinski definition) is 1. The summed E-state index contributed by atoms with van der Waals surface area (Å²) in [6.45, 7) is 4.96. The van der Waals surface area contributed by atoms with Crippen LogP contribution in [0, 0.1) is 6.92 Å². The first-order chi connectivity index (χ1) is 5.41. The smallest absolute Gasteiger partial charge is 0.130 e. The largest absolute Gasteiger partial charge is 0.399 e. The lowest BCUT2D eigenvalue weighted by Crippen LogP contribution is -2.09. The molecule has 0 aliphatic rings. The van der Waals surface area contributed by atoms with Gasteiger partial charge >= 0.3 is 0 Å². The fourth-order valence-electron chi connectivity index (χ4n) is 1.05. The number of hydrogen-bond donors (Lipinski definition) is 1. The van der Waals surface area contributed by atoms with Gasteiger partial charge in [0.2, 0.25) is 0 Å². The van der Waals surface area contributed by atoms with Crippen molar-refractivity contribution in [3.8, 4) is 0 Å². The van der Waals surface area contributed by atoms with Crippen molar-refractivity contribution >= 4 is 5.69 Å². The summed E-state index contributed by atoms with van der Waals surface area (Å²) in [6.07, 6.45) is 0. The first kappa shape index (κ1) is 9.04. The topological polar surface area (TPSA) is 26.0 Å². The second kappa shape index (κ2) is 2.77. The fourth-order valence-corrected chi connectivity index (χ4v) is 1.05. The predicted molar refractivity (Wildman–Crippen MR) is 49.7 cm³/mol. The van der Waals surface area contributed by atoms with Gasteiger partial charge in [-0.15, -0.1) is 0 Å². The van der Waals surface area contributed by atoms with Crippen LogP contribution in [0.2, 0.25) is 0 Å². The quantitative estimate of drug-likeness (QED) is 0.639. The molecular formula is C10H14FN. The standard InChI is InChI=1S/C10H14FN/c1-7-6-8(10(2,3)11)4-5-9(7)12/h4-6H,12H2,1-3H3. The van der Waals surface area contributed by atoms with Crippen molar-refractivity contribution in [1.29, 1.82) is 0 Å². The van der Waals surface area contributed by atoms with E-state index in [0.29, 0.717) is 11.3 Å². The molecule has 1 nitrogen and oxygen atoms in total. The van der Waals surface area contributed by atoms with Gasteiger partial charge in [0.15, 0.2) is 0 Å². The van der Waals surface area contributed by atoms with Crippen LogP contribution in [0.1, 0.15) is 25.0 Å². The van der Waals surface area contributed by atoms with Crippen LogP contribution in [-0.2, 0) is 5.67 Å². The van der Waals surface area contributed by atoms with Crippen LogP contribution in [0.3, 0.4) is 0 Å². The number of halogens is 1. The number of alkyl halides is 1. The van der Waals surface area contributed by atoms with Gasteiger partial charge in [0.05, 0.1) is 0 Å². The number of aryl methyl sites for hydroxylation is 1. The Bertz CT molecular complexity index is 286. The molecule has 0 radical (unpaired) electrons. The second-order valence-corrected chi connectivity index (χ2v) is 3.54. The van der Waals surface area contributed by atoms with Crippen LogP contribution in [-0.4, -0.2) is 0 Å². The molecule has 12 heavy (non-hydrogen) atoms. The molecule has 1 aromatic carbocycles. The van der Waals surface area contributed by atoms with Crippen molar-refractivity contribution in [2.24, 2.45) is 0 Å². The highest BCUT2D eigenvalue weighted by atomic mass is 19.1. The minimum absolute atomic E-state index is 0.675. The predicted octanol–water partition coefficient (Wildman–Crippen LogP) is 2.78. The lowest BCUT2D eigenvalue weighted by molar-refractivity contribution is 0.221. The van der Waals surface area contributed by atoms with E-state index in [2.05, 4.69) is 0 Å². The molecule has 2 N–H and O–H groups in total. The minimum Gasteiger partial charge on any atom is -0.399 e. The van der Waals surface area contributed by atoms with Crippen molar-refractivity contribution in [1.82, 2.24) is 0 Å². The van der Waals surface area contributed by atoms with Gasteiger partial charge in [-0.2, -0.15) is 0 Å². The van der Waals surface area contributed by atoms with E-state index < -0.39 is 5.67 Å². The lowest BCUT2D eigenvalue weighted by atomic mass is 9.98. The highest BCUT2D eigenvalue weighted by Crippen LogP contribution is 2.26. The summed E-state index contributed by atoms with van der Waals surface area (Å²) in [5.74, 6) is 0. The zero-order valence-electron chi connectivity index (χ0n) is 7.69. The third-order valence-corrected chi connectivity index (χ3v) is 1.96. The molecule has 0 atom stereocenters. The molecule has 0 spiro atoms. The summed E-state index contributed by atoms with van der Waals surface area (Å²) in [6, 6.07) is 5.25. The molecule has 0 saturated heterocycles. The van der Waals surface area contributed by atoms with E-state index in [1.807, 2.05) is 6.92 Å². The van der Waals surface area contributed by atoms with Crippen LogP contribution in [0.5, 0.6) is 0 Å². The van der Waals surface area contributed by atoms with E-state index >= 15 is 0 Å². The average molecular weight is 167 g/mol. The van der Waals surface area contributed by atoms with Crippen LogP contribution < -0.4 is 5.73 Å². The third kappa shape index (κ3) is 1.76. The van der Waals surface area contributed by atoms with E-state index in [1.54, 1.807) is 18.2 Å². The summed E-state index contributed by atoms with van der Waals surface area (Å²) in [4.78, 5) is 0. The third-order valence-electron chi connectivity index (χ3n) is 1.96. The van der Waals surface area contributed by atoms with Crippen LogP contribution in [0.4, 0.5) is 10.1 Å². The molecule has 0 unspecified atom stereocenters. The van der Waals surface area contributed by atoms with Crippen molar-refractivity contribution in [2.45, 2.75) is 26.4 Å². The Morgan fingerprint density at radius 3 is 2.33 bits per heavy atom. The van der Waals surface area contributed by atoms with Gasteiger partial charge in [-0.3, -0.25) is 0 Å². The van der Waals surface area contributed by atoms with Crippen molar-refractivity contribution in [2.75, 3.05) is 5.73 Å². The Kier molecular flexibility index (Phi) is 2.09. The molecular weight excluding hydrogens is 153 g/mol. The zero-order chi connectivity index (χ0) is 9.35. The van der Waals surface area contributed by atoms with E-state index in [9.17, 15) is 4.39 Å². The Hall–Kier alpha value is -1.05. The summed E-state index contributed by atoms with van der Waals surface area (Å²) < 4.78 is 13.4. The molecule has 0 aliphatic heterocycles. The summed E-state index contributed by atoms with van der Waals surface area (Å²) in [5.41, 5.74) is 6.65. The first-order valence-corrected chi connectivity index (χ1v) is 3.97. The maximum absolute atomic E-state index is 13.4. The highest BCUT2D eigenvalue weighted by Gasteiger charge is 2.18. The molecule has 0 amide bonds. The SMILES string of the molecule is Cc1cc(C(C)(C)F)ccc1N. The summed E-state index contributed by atoms with van der Waals surface area (Å²) in [5, 5.41) is 0. The molecule has 2 heteroatoms. The van der Waals surface area contributed by atoms with Crippen molar-refractivity contribution in [3.63, 3.8) is 0 Å². The van der Waals surface area contributed by atoms with E-state index in [4.69, 9.17) is 5.73 Å². The molecule has 0 aliphatic carbocycles. The Balaban J connectivity index is 3.14. The fraction of sp³-hybridized carbons (Fsp3) is 0.400. The van der Waals surface area contributed by atoms with E-state index in [-0.39, 0.29) is 0 Å².